The van der Waals surface area contributed by atoms with E-state index in [9.17, 15) is 4.39 Å². The third-order valence-electron chi connectivity index (χ3n) is 2.34. The lowest BCUT2D eigenvalue weighted by Crippen LogP contribution is -2.12. The van der Waals surface area contributed by atoms with Gasteiger partial charge in [0, 0.05) is 6.61 Å². The molecule has 1 aromatic heterocycles. The first-order valence-corrected chi connectivity index (χ1v) is 7.20. The van der Waals surface area contributed by atoms with E-state index in [0.717, 1.165) is 19.4 Å². The van der Waals surface area contributed by atoms with Crippen LogP contribution in [0.25, 0.3) is 0 Å². The molecule has 0 aliphatic heterocycles. The van der Waals surface area contributed by atoms with Gasteiger partial charge >= 0.3 is 0 Å². The van der Waals surface area contributed by atoms with Crippen molar-refractivity contribution in [1.82, 2.24) is 4.98 Å². The molecular weight excluding hydrogens is 308 g/mol. The lowest BCUT2D eigenvalue weighted by atomic mass is 10.4. The molecule has 0 aliphatic carbocycles. The van der Waals surface area contributed by atoms with E-state index in [4.69, 9.17) is 37.4 Å². The van der Waals surface area contributed by atoms with Crippen molar-refractivity contribution in [3.8, 4) is 5.88 Å². The molecule has 114 valence electrons. The van der Waals surface area contributed by atoms with Crippen molar-refractivity contribution < 1.29 is 18.6 Å². The molecule has 7 heteroatoms. The van der Waals surface area contributed by atoms with Crippen LogP contribution in [-0.4, -0.2) is 38.0 Å². The number of hydrogen-bond donors (Lipinski definition) is 0. The Morgan fingerprint density at radius 2 is 1.70 bits per heavy atom. The van der Waals surface area contributed by atoms with Crippen molar-refractivity contribution in [3.05, 3.63) is 22.1 Å². The Bertz CT molecular complexity index is 407. The number of rotatable bonds is 10. The first-order valence-electron chi connectivity index (χ1n) is 6.45. The summed E-state index contributed by atoms with van der Waals surface area (Å²) in [6, 6.07) is 1.25. The number of nitrogens with zero attached hydrogens (tertiary/aromatic N) is 1. The minimum absolute atomic E-state index is 0.0105. The zero-order valence-electron chi connectivity index (χ0n) is 11.3. The second-order valence-corrected chi connectivity index (χ2v) is 4.79. The molecule has 0 radical (unpaired) electrons. The summed E-state index contributed by atoms with van der Waals surface area (Å²) < 4.78 is 28.9. The Morgan fingerprint density at radius 3 is 2.40 bits per heavy atom. The normalized spacial score (nSPS) is 10.8. The summed E-state index contributed by atoms with van der Waals surface area (Å²) in [6.07, 6.45) is 2.16. The van der Waals surface area contributed by atoms with Gasteiger partial charge in [-0.25, -0.2) is 0 Å². The zero-order valence-corrected chi connectivity index (χ0v) is 12.8. The summed E-state index contributed by atoms with van der Waals surface area (Å²) in [6.45, 7) is 4.47. The summed E-state index contributed by atoms with van der Waals surface area (Å²) in [7, 11) is 0. The van der Waals surface area contributed by atoms with Gasteiger partial charge in [0.25, 0.3) is 0 Å². The SMILES string of the molecule is CCCCOCCOCCOc1nc(F)c(Cl)cc1Cl. The van der Waals surface area contributed by atoms with Crippen LogP contribution in [0.2, 0.25) is 10.0 Å². The predicted molar refractivity (Wildman–Crippen MR) is 76.3 cm³/mol. The second-order valence-electron chi connectivity index (χ2n) is 3.97. The average molecular weight is 326 g/mol. The van der Waals surface area contributed by atoms with Gasteiger partial charge in [-0.05, 0) is 12.5 Å². The topological polar surface area (TPSA) is 40.6 Å². The Hall–Kier alpha value is -0.620. The monoisotopic (exact) mass is 325 g/mol. The quantitative estimate of drug-likeness (QED) is 0.485. The fourth-order valence-electron chi connectivity index (χ4n) is 1.30. The van der Waals surface area contributed by atoms with E-state index in [1.54, 1.807) is 0 Å². The maximum atomic E-state index is 13.1. The first-order chi connectivity index (χ1) is 9.65. The highest BCUT2D eigenvalue weighted by atomic mass is 35.5. The average Bonchev–Trinajstić information content (AvgIpc) is 2.42. The predicted octanol–water partition coefficient (Wildman–Crippen LogP) is 3.74. The van der Waals surface area contributed by atoms with Crippen molar-refractivity contribution in [1.29, 1.82) is 0 Å². The van der Waals surface area contributed by atoms with E-state index in [2.05, 4.69) is 11.9 Å². The number of unbranched alkanes of at least 4 members (excludes halogenated alkanes) is 1. The minimum atomic E-state index is -0.809. The van der Waals surface area contributed by atoms with Gasteiger partial charge in [-0.15, -0.1) is 0 Å². The van der Waals surface area contributed by atoms with Gasteiger partial charge < -0.3 is 14.2 Å². The Kier molecular flexibility index (Phi) is 8.85. The molecule has 0 amide bonds. The summed E-state index contributed by atoms with van der Waals surface area (Å²) in [4.78, 5) is 3.51. The molecular formula is C13H18Cl2FNO3. The molecule has 1 rings (SSSR count). The van der Waals surface area contributed by atoms with Crippen LogP contribution in [0.4, 0.5) is 4.39 Å². The van der Waals surface area contributed by atoms with Crippen molar-refractivity contribution >= 4 is 23.2 Å². The van der Waals surface area contributed by atoms with Crippen molar-refractivity contribution in [3.63, 3.8) is 0 Å². The van der Waals surface area contributed by atoms with Crippen LogP contribution in [0.5, 0.6) is 5.88 Å². The highest BCUT2D eigenvalue weighted by molar-refractivity contribution is 6.35. The summed E-state index contributed by atoms with van der Waals surface area (Å²) in [5.41, 5.74) is 0. The van der Waals surface area contributed by atoms with Crippen LogP contribution >= 0.6 is 23.2 Å². The molecule has 20 heavy (non-hydrogen) atoms. The number of ether oxygens (including phenoxy) is 3. The molecule has 0 aromatic carbocycles. The number of halogens is 3. The van der Waals surface area contributed by atoms with E-state index in [1.807, 2.05) is 0 Å². The molecule has 4 nitrogen and oxygen atoms in total. The van der Waals surface area contributed by atoms with Crippen LogP contribution < -0.4 is 4.74 Å². The van der Waals surface area contributed by atoms with E-state index in [1.165, 1.54) is 6.07 Å². The molecule has 0 bridgehead atoms. The summed E-state index contributed by atoms with van der Waals surface area (Å²) >= 11 is 11.3. The zero-order chi connectivity index (χ0) is 14.8. The molecule has 0 N–H and O–H groups in total. The maximum Gasteiger partial charge on any atom is 0.235 e. The van der Waals surface area contributed by atoms with Crippen LogP contribution in [0, 0.1) is 5.95 Å². The molecule has 0 fully saturated rings. The highest BCUT2D eigenvalue weighted by Crippen LogP contribution is 2.26. The maximum absolute atomic E-state index is 13.1. The Morgan fingerprint density at radius 1 is 1.05 bits per heavy atom. The number of hydrogen-bond acceptors (Lipinski definition) is 4. The standard InChI is InChI=1S/C13H18Cl2FNO3/c1-2-3-4-18-5-6-19-7-8-20-13-11(15)9-10(14)12(16)17-13/h9H,2-8H2,1H3. The third kappa shape index (κ3) is 6.70. The van der Waals surface area contributed by atoms with E-state index >= 15 is 0 Å². The van der Waals surface area contributed by atoms with E-state index < -0.39 is 5.95 Å². The Labute approximate surface area is 128 Å². The smallest absolute Gasteiger partial charge is 0.235 e. The molecule has 0 atom stereocenters. The number of pyridine rings is 1. The molecule has 0 saturated heterocycles. The minimum Gasteiger partial charge on any atom is -0.474 e. The highest BCUT2D eigenvalue weighted by Gasteiger charge is 2.09. The van der Waals surface area contributed by atoms with Crippen LogP contribution in [0.15, 0.2) is 6.07 Å². The van der Waals surface area contributed by atoms with Gasteiger partial charge in [0.05, 0.1) is 24.8 Å². The van der Waals surface area contributed by atoms with E-state index in [0.29, 0.717) is 19.8 Å². The molecule has 0 aliphatic rings. The molecule has 0 unspecified atom stereocenters. The molecule has 1 aromatic rings. The van der Waals surface area contributed by atoms with E-state index in [-0.39, 0.29) is 22.5 Å². The van der Waals surface area contributed by atoms with Gasteiger partial charge in [-0.1, -0.05) is 36.5 Å². The summed E-state index contributed by atoms with van der Waals surface area (Å²) in [5, 5.41) is 0.0297. The summed E-state index contributed by atoms with van der Waals surface area (Å²) in [5.74, 6) is -0.798. The van der Waals surface area contributed by atoms with Gasteiger partial charge in [-0.2, -0.15) is 9.37 Å². The molecule has 1 heterocycles. The second kappa shape index (κ2) is 10.2. The molecule has 0 spiro atoms. The Balaban J connectivity index is 2.11. The third-order valence-corrected chi connectivity index (χ3v) is 2.87. The van der Waals surface area contributed by atoms with Gasteiger partial charge in [-0.3, -0.25) is 0 Å². The van der Waals surface area contributed by atoms with Crippen LogP contribution in [0.3, 0.4) is 0 Å². The number of aromatic nitrogens is 1. The van der Waals surface area contributed by atoms with Crippen LogP contribution in [-0.2, 0) is 9.47 Å². The van der Waals surface area contributed by atoms with Crippen molar-refractivity contribution in [2.24, 2.45) is 0 Å². The van der Waals surface area contributed by atoms with Gasteiger partial charge in [0.15, 0.2) is 0 Å². The van der Waals surface area contributed by atoms with Crippen molar-refractivity contribution in [2.75, 3.05) is 33.0 Å². The lowest BCUT2D eigenvalue weighted by Gasteiger charge is -2.08. The lowest BCUT2D eigenvalue weighted by molar-refractivity contribution is 0.0350. The van der Waals surface area contributed by atoms with Gasteiger partial charge in [0.2, 0.25) is 11.8 Å². The fourth-order valence-corrected chi connectivity index (χ4v) is 1.71. The molecule has 0 saturated carbocycles. The fraction of sp³-hybridized carbons (Fsp3) is 0.615. The first kappa shape index (κ1) is 17.4. The largest absolute Gasteiger partial charge is 0.474 e. The van der Waals surface area contributed by atoms with Crippen molar-refractivity contribution in [2.45, 2.75) is 19.8 Å². The van der Waals surface area contributed by atoms with Gasteiger partial charge in [0.1, 0.15) is 11.6 Å². The van der Waals surface area contributed by atoms with Crippen LogP contribution in [0.1, 0.15) is 19.8 Å².